The van der Waals surface area contributed by atoms with E-state index >= 15 is 0 Å². The predicted molar refractivity (Wildman–Crippen MR) is 71.8 cm³/mol. The first-order valence-electron chi connectivity index (χ1n) is 4.31. The predicted octanol–water partition coefficient (Wildman–Crippen LogP) is 4.25. The molecule has 0 heterocycles. The fraction of sp³-hybridized carbons (Fsp3) is 0. The first kappa shape index (κ1) is 10.1. The molecule has 0 saturated heterocycles. The molecule has 0 bridgehead atoms. The average Bonchev–Trinajstić information content (AvgIpc) is 2.19. The van der Waals surface area contributed by atoms with Crippen LogP contribution in [0.5, 0.6) is 0 Å². The number of benzene rings is 2. The smallest absolute Gasteiger partial charge is 0.0136 e. The highest BCUT2D eigenvalue weighted by Crippen LogP contribution is 2.22. The van der Waals surface area contributed by atoms with Gasteiger partial charge in [-0.2, -0.15) is 0 Å². The van der Waals surface area contributed by atoms with Gasteiger partial charge in [0.15, 0.2) is 0 Å². The van der Waals surface area contributed by atoms with Crippen molar-refractivity contribution in [3.8, 4) is 11.1 Å². The van der Waals surface area contributed by atoms with Gasteiger partial charge in [-0.1, -0.05) is 24.3 Å². The molecule has 0 spiro atoms. The summed E-state index contributed by atoms with van der Waals surface area (Å²) in [5.74, 6) is 0. The van der Waals surface area contributed by atoms with Crippen LogP contribution in [0.4, 0.5) is 0 Å². The first-order chi connectivity index (χ1) is 6.75. The second kappa shape index (κ2) is 4.36. The summed E-state index contributed by atoms with van der Waals surface area (Å²) in [4.78, 5) is 0.999. The zero-order chi connectivity index (χ0) is 9.97. The van der Waals surface area contributed by atoms with Crippen LogP contribution in [0, 0.1) is 3.57 Å². The molecule has 0 aromatic heterocycles. The molecular formula is C12H9IS. The van der Waals surface area contributed by atoms with Crippen LogP contribution in [-0.2, 0) is 0 Å². The monoisotopic (exact) mass is 312 g/mol. The van der Waals surface area contributed by atoms with Crippen LogP contribution >= 0.6 is 35.2 Å². The summed E-state index contributed by atoms with van der Waals surface area (Å²) in [5, 5.41) is 0. The Balaban J connectivity index is 2.44. The van der Waals surface area contributed by atoms with Gasteiger partial charge in [-0.25, -0.2) is 0 Å². The Hall–Kier alpha value is -0.480. The van der Waals surface area contributed by atoms with Crippen molar-refractivity contribution in [2.75, 3.05) is 0 Å². The zero-order valence-electron chi connectivity index (χ0n) is 7.44. The van der Waals surface area contributed by atoms with Crippen LogP contribution in [0.1, 0.15) is 0 Å². The molecule has 0 nitrogen and oxygen atoms in total. The summed E-state index contributed by atoms with van der Waals surface area (Å²) < 4.78 is 1.26. The molecule has 2 aromatic carbocycles. The highest BCUT2D eigenvalue weighted by molar-refractivity contribution is 14.1. The van der Waals surface area contributed by atoms with Crippen LogP contribution in [0.15, 0.2) is 53.4 Å². The largest absolute Gasteiger partial charge is 0.143 e. The molecule has 0 amide bonds. The summed E-state index contributed by atoms with van der Waals surface area (Å²) in [7, 11) is 0. The number of hydrogen-bond donors (Lipinski definition) is 1. The molecule has 70 valence electrons. The van der Waals surface area contributed by atoms with Gasteiger partial charge in [0.2, 0.25) is 0 Å². The molecule has 2 heteroatoms. The first-order valence-corrected chi connectivity index (χ1v) is 5.83. The van der Waals surface area contributed by atoms with Crippen molar-refractivity contribution in [2.45, 2.75) is 4.90 Å². The summed E-state index contributed by atoms with van der Waals surface area (Å²) in [6, 6.07) is 16.7. The summed E-state index contributed by atoms with van der Waals surface area (Å²) in [6.45, 7) is 0. The molecule has 0 unspecified atom stereocenters. The third-order valence-corrected chi connectivity index (χ3v) is 2.99. The molecular weight excluding hydrogens is 303 g/mol. The summed E-state index contributed by atoms with van der Waals surface area (Å²) >= 11 is 6.59. The Labute approximate surface area is 103 Å². The molecule has 0 atom stereocenters. The molecule has 2 rings (SSSR count). The van der Waals surface area contributed by atoms with Gasteiger partial charge in [0.25, 0.3) is 0 Å². The quantitative estimate of drug-likeness (QED) is 0.591. The van der Waals surface area contributed by atoms with Crippen molar-refractivity contribution in [1.82, 2.24) is 0 Å². The van der Waals surface area contributed by atoms with Gasteiger partial charge in [0, 0.05) is 8.47 Å². The topological polar surface area (TPSA) is 0 Å². The van der Waals surface area contributed by atoms with E-state index in [2.05, 4.69) is 71.6 Å². The van der Waals surface area contributed by atoms with Gasteiger partial charge in [-0.05, 0) is 58.0 Å². The Morgan fingerprint density at radius 3 is 2.21 bits per heavy atom. The maximum absolute atomic E-state index is 4.26. The van der Waals surface area contributed by atoms with E-state index in [1.54, 1.807) is 0 Å². The lowest BCUT2D eigenvalue weighted by molar-refractivity contribution is 1.47. The van der Waals surface area contributed by atoms with E-state index in [4.69, 9.17) is 0 Å². The van der Waals surface area contributed by atoms with E-state index in [-0.39, 0.29) is 0 Å². The molecule has 0 aliphatic rings. The second-order valence-electron chi connectivity index (χ2n) is 3.06. The van der Waals surface area contributed by atoms with Crippen molar-refractivity contribution in [1.29, 1.82) is 0 Å². The molecule has 0 radical (unpaired) electrons. The van der Waals surface area contributed by atoms with Gasteiger partial charge in [-0.3, -0.25) is 0 Å². The van der Waals surface area contributed by atoms with Crippen molar-refractivity contribution >= 4 is 35.2 Å². The van der Waals surface area contributed by atoms with Crippen LogP contribution in [0.2, 0.25) is 0 Å². The Kier molecular flexibility index (Phi) is 3.13. The van der Waals surface area contributed by atoms with Crippen molar-refractivity contribution in [3.63, 3.8) is 0 Å². The fourth-order valence-electron chi connectivity index (χ4n) is 1.32. The molecule has 0 saturated carbocycles. The Bertz CT molecular complexity index is 434. The number of thiol groups is 1. The van der Waals surface area contributed by atoms with Gasteiger partial charge >= 0.3 is 0 Å². The van der Waals surface area contributed by atoms with E-state index in [0.29, 0.717) is 0 Å². The van der Waals surface area contributed by atoms with E-state index in [0.717, 1.165) is 4.90 Å². The molecule has 0 N–H and O–H groups in total. The van der Waals surface area contributed by atoms with Gasteiger partial charge in [0.05, 0.1) is 0 Å². The summed E-state index contributed by atoms with van der Waals surface area (Å²) in [5.41, 5.74) is 2.49. The zero-order valence-corrected chi connectivity index (χ0v) is 10.5. The lowest BCUT2D eigenvalue weighted by atomic mass is 10.1. The van der Waals surface area contributed by atoms with E-state index in [1.807, 2.05) is 12.1 Å². The van der Waals surface area contributed by atoms with E-state index in [9.17, 15) is 0 Å². The molecule has 2 aromatic rings. The van der Waals surface area contributed by atoms with Gasteiger partial charge in [0.1, 0.15) is 0 Å². The minimum atomic E-state index is 0.999. The SMILES string of the molecule is Sc1ccc(-c2cccc(I)c2)cc1. The molecule has 0 aliphatic heterocycles. The van der Waals surface area contributed by atoms with Crippen molar-refractivity contribution in [2.24, 2.45) is 0 Å². The summed E-state index contributed by atoms with van der Waals surface area (Å²) in [6.07, 6.45) is 0. The lowest BCUT2D eigenvalue weighted by Crippen LogP contribution is -1.78. The maximum atomic E-state index is 4.26. The molecule has 0 fully saturated rings. The lowest BCUT2D eigenvalue weighted by Gasteiger charge is -2.02. The minimum Gasteiger partial charge on any atom is -0.143 e. The average molecular weight is 312 g/mol. The highest BCUT2D eigenvalue weighted by Gasteiger charge is 1.96. The van der Waals surface area contributed by atoms with Crippen LogP contribution < -0.4 is 0 Å². The Morgan fingerprint density at radius 2 is 1.57 bits per heavy atom. The van der Waals surface area contributed by atoms with E-state index in [1.165, 1.54) is 14.7 Å². The van der Waals surface area contributed by atoms with Gasteiger partial charge < -0.3 is 0 Å². The normalized spacial score (nSPS) is 10.1. The van der Waals surface area contributed by atoms with Crippen LogP contribution in [-0.4, -0.2) is 0 Å². The second-order valence-corrected chi connectivity index (χ2v) is 4.82. The van der Waals surface area contributed by atoms with Gasteiger partial charge in [-0.15, -0.1) is 12.6 Å². The third kappa shape index (κ3) is 2.30. The van der Waals surface area contributed by atoms with Crippen molar-refractivity contribution in [3.05, 3.63) is 52.1 Å². The fourth-order valence-corrected chi connectivity index (χ4v) is 2.01. The molecule has 14 heavy (non-hydrogen) atoms. The Morgan fingerprint density at radius 1 is 0.857 bits per heavy atom. The number of hydrogen-bond acceptors (Lipinski definition) is 1. The molecule has 0 aliphatic carbocycles. The van der Waals surface area contributed by atoms with Crippen LogP contribution in [0.25, 0.3) is 11.1 Å². The standard InChI is InChI=1S/C12H9IS/c13-11-3-1-2-10(8-11)9-4-6-12(14)7-5-9/h1-8,14H. The minimum absolute atomic E-state index is 0.999. The highest BCUT2D eigenvalue weighted by atomic mass is 127. The maximum Gasteiger partial charge on any atom is 0.0136 e. The number of halogens is 1. The van der Waals surface area contributed by atoms with E-state index < -0.39 is 0 Å². The third-order valence-electron chi connectivity index (χ3n) is 2.03. The van der Waals surface area contributed by atoms with Crippen molar-refractivity contribution < 1.29 is 0 Å². The van der Waals surface area contributed by atoms with Crippen LogP contribution in [0.3, 0.4) is 0 Å². The number of rotatable bonds is 1.